The molecule has 0 radical (unpaired) electrons. The lowest BCUT2D eigenvalue weighted by Crippen LogP contribution is -2.24. The van der Waals surface area contributed by atoms with E-state index < -0.39 is 15.7 Å². The van der Waals surface area contributed by atoms with E-state index in [0.29, 0.717) is 44.7 Å². The highest BCUT2D eigenvalue weighted by Crippen LogP contribution is 2.33. The molecule has 0 saturated heterocycles. The van der Waals surface area contributed by atoms with E-state index in [1.165, 1.54) is 34.8 Å². The Kier molecular flexibility index (Phi) is 5.98. The van der Waals surface area contributed by atoms with Crippen LogP contribution in [0.15, 0.2) is 58.0 Å². The Balaban J connectivity index is 1.41. The number of fused-ring (bicyclic) bond motifs is 1. The number of nitrogens with one attached hydrogen (secondary N) is 1. The van der Waals surface area contributed by atoms with Gasteiger partial charge in [-0.2, -0.15) is 0 Å². The minimum absolute atomic E-state index is 0.0290. The van der Waals surface area contributed by atoms with E-state index in [1.807, 2.05) is 5.38 Å². The molecule has 1 fully saturated rings. The number of pyridine rings is 1. The number of nitrogen functional groups attached to an aromatic ring is 1. The van der Waals surface area contributed by atoms with Crippen LogP contribution in [0.4, 0.5) is 10.9 Å². The number of hydrogen-bond acceptors (Lipinski definition) is 11. The van der Waals surface area contributed by atoms with E-state index in [4.69, 9.17) is 10.6 Å². The Labute approximate surface area is 202 Å². The number of anilines is 2. The number of oxime groups is 1. The molecule has 1 amide bonds. The van der Waals surface area contributed by atoms with Gasteiger partial charge in [0, 0.05) is 17.1 Å². The highest BCUT2D eigenvalue weighted by atomic mass is 32.2. The molecule has 10 nitrogen and oxygen atoms in total. The maximum absolute atomic E-state index is 13.1. The van der Waals surface area contributed by atoms with Gasteiger partial charge < -0.3 is 10.6 Å². The van der Waals surface area contributed by atoms with Gasteiger partial charge in [0.1, 0.15) is 21.2 Å². The van der Waals surface area contributed by atoms with E-state index in [0.717, 1.165) is 0 Å². The minimum Gasteiger partial charge on any atom is -0.388 e. The molecule has 0 atom stereocenters. The van der Waals surface area contributed by atoms with Crippen LogP contribution in [0.25, 0.3) is 10.3 Å². The highest BCUT2D eigenvalue weighted by molar-refractivity contribution is 7.92. The van der Waals surface area contributed by atoms with E-state index in [-0.39, 0.29) is 22.5 Å². The van der Waals surface area contributed by atoms with Crippen LogP contribution in [0.1, 0.15) is 23.4 Å². The molecule has 0 bridgehead atoms. The lowest BCUT2D eigenvalue weighted by atomic mass is 10.1. The van der Waals surface area contributed by atoms with Crippen molar-refractivity contribution >= 4 is 65.4 Å². The number of thiazole rings is 2. The molecule has 1 aromatic carbocycles. The van der Waals surface area contributed by atoms with E-state index in [9.17, 15) is 13.2 Å². The number of carbonyl (C=O) groups excluding carboxylic acids is 1. The summed E-state index contributed by atoms with van der Waals surface area (Å²) in [6.45, 7) is 0.0902. The maximum atomic E-state index is 13.1. The second-order valence-electron chi connectivity index (χ2n) is 7.44. The second-order valence-corrected chi connectivity index (χ2v) is 11.6. The summed E-state index contributed by atoms with van der Waals surface area (Å²) in [5.74, 6) is -0.211. The van der Waals surface area contributed by atoms with Crippen LogP contribution in [-0.2, 0) is 26.1 Å². The SMILES string of the molecule is Nc1ccc2nc(NC(=O)/C(=N/OCc3nccs3)c3ccc(S(=O)(=O)C4CC4)cc3)sc2n1. The number of benzene rings is 1. The third-order valence-corrected chi connectivity index (χ3v) is 8.87. The molecular weight excluding hydrogens is 496 g/mol. The Bertz CT molecular complexity index is 1480. The molecule has 3 heterocycles. The van der Waals surface area contributed by atoms with Crippen molar-refractivity contribution in [2.24, 2.45) is 5.16 Å². The van der Waals surface area contributed by atoms with Crippen LogP contribution in [0.2, 0.25) is 0 Å². The summed E-state index contributed by atoms with van der Waals surface area (Å²) in [5.41, 5.74) is 6.69. The fraction of sp³-hybridized carbons (Fsp3) is 0.190. The normalized spacial score (nSPS) is 14.3. The summed E-state index contributed by atoms with van der Waals surface area (Å²) in [6, 6.07) is 9.40. The molecule has 1 saturated carbocycles. The summed E-state index contributed by atoms with van der Waals surface area (Å²) >= 11 is 2.57. The average molecular weight is 515 g/mol. The summed E-state index contributed by atoms with van der Waals surface area (Å²) in [7, 11) is -3.35. The van der Waals surface area contributed by atoms with Crippen molar-refractivity contribution in [3.05, 3.63) is 58.5 Å². The van der Waals surface area contributed by atoms with Crippen molar-refractivity contribution in [3.63, 3.8) is 0 Å². The van der Waals surface area contributed by atoms with Gasteiger partial charge in [0.05, 0.1) is 10.1 Å². The van der Waals surface area contributed by atoms with Gasteiger partial charge in [0.2, 0.25) is 0 Å². The maximum Gasteiger partial charge on any atom is 0.280 e. The van der Waals surface area contributed by atoms with Gasteiger partial charge in [-0.1, -0.05) is 28.6 Å². The topological polar surface area (TPSA) is 150 Å². The molecule has 0 aliphatic heterocycles. The van der Waals surface area contributed by atoms with Gasteiger partial charge in [-0.25, -0.2) is 23.4 Å². The van der Waals surface area contributed by atoms with Crippen LogP contribution in [-0.4, -0.2) is 40.2 Å². The van der Waals surface area contributed by atoms with Gasteiger partial charge in [0.15, 0.2) is 27.3 Å². The summed E-state index contributed by atoms with van der Waals surface area (Å²) in [6.07, 6.45) is 2.99. The number of carbonyl (C=O) groups is 1. The fourth-order valence-electron chi connectivity index (χ4n) is 3.12. The lowest BCUT2D eigenvalue weighted by molar-refractivity contribution is -0.110. The van der Waals surface area contributed by atoms with E-state index in [2.05, 4.69) is 25.4 Å². The number of nitrogens with two attached hydrogens (primary N) is 1. The zero-order valence-corrected chi connectivity index (χ0v) is 20.0. The van der Waals surface area contributed by atoms with Crippen LogP contribution in [0.3, 0.4) is 0 Å². The fourth-order valence-corrected chi connectivity index (χ4v) is 6.13. The first-order valence-corrected chi connectivity index (χ1v) is 13.4. The molecule has 5 rings (SSSR count). The van der Waals surface area contributed by atoms with Crippen molar-refractivity contribution in [2.45, 2.75) is 29.6 Å². The first-order valence-electron chi connectivity index (χ1n) is 10.2. The number of hydrogen-bond donors (Lipinski definition) is 2. The van der Waals surface area contributed by atoms with Crippen molar-refractivity contribution in [1.29, 1.82) is 0 Å². The van der Waals surface area contributed by atoms with Gasteiger partial charge in [-0.05, 0) is 37.1 Å². The number of nitrogens with zero attached hydrogens (tertiary/aromatic N) is 4. The molecule has 3 N–H and O–H groups in total. The van der Waals surface area contributed by atoms with Crippen LogP contribution in [0.5, 0.6) is 0 Å². The van der Waals surface area contributed by atoms with Crippen molar-refractivity contribution in [2.75, 3.05) is 11.1 Å². The number of sulfone groups is 1. The van der Waals surface area contributed by atoms with Crippen LogP contribution < -0.4 is 11.1 Å². The average Bonchev–Trinajstić information content (AvgIpc) is 3.43. The monoisotopic (exact) mass is 514 g/mol. The van der Waals surface area contributed by atoms with Gasteiger partial charge >= 0.3 is 0 Å². The zero-order valence-electron chi connectivity index (χ0n) is 17.5. The Hall–Kier alpha value is -3.42. The van der Waals surface area contributed by atoms with Gasteiger partial charge in [-0.3, -0.25) is 10.1 Å². The molecule has 3 aromatic heterocycles. The van der Waals surface area contributed by atoms with Gasteiger partial charge in [-0.15, -0.1) is 11.3 Å². The highest BCUT2D eigenvalue weighted by Gasteiger charge is 2.36. The van der Waals surface area contributed by atoms with Crippen molar-refractivity contribution in [3.8, 4) is 0 Å². The first kappa shape index (κ1) is 22.4. The van der Waals surface area contributed by atoms with E-state index in [1.54, 1.807) is 30.5 Å². The van der Waals surface area contributed by atoms with E-state index >= 15 is 0 Å². The summed E-state index contributed by atoms with van der Waals surface area (Å²) < 4.78 is 25.0. The third-order valence-electron chi connectivity index (χ3n) is 4.96. The molecule has 34 heavy (non-hydrogen) atoms. The second kappa shape index (κ2) is 9.08. The standard InChI is InChI=1S/C21H18N6O4S3/c22-16-8-7-15-20(25-16)33-21(24-15)26-19(28)18(27-31-11-17-23-9-10-32-17)12-1-3-13(4-2-12)34(29,30)14-5-6-14/h1-4,7-10,14H,5-6,11H2,(H2,22,25)(H,24,26,28)/b27-18+. The van der Waals surface area contributed by atoms with Crippen LogP contribution >= 0.6 is 22.7 Å². The Morgan fingerprint density at radius 2 is 1.97 bits per heavy atom. The van der Waals surface area contributed by atoms with Crippen molar-refractivity contribution < 1.29 is 18.0 Å². The molecular formula is C21H18N6O4S3. The quantitative estimate of drug-likeness (QED) is 0.269. The first-order chi connectivity index (χ1) is 16.4. The Morgan fingerprint density at radius 1 is 1.18 bits per heavy atom. The molecule has 1 aliphatic rings. The molecule has 0 spiro atoms. The molecule has 4 aromatic rings. The number of aromatic nitrogens is 3. The Morgan fingerprint density at radius 3 is 2.68 bits per heavy atom. The molecule has 1 aliphatic carbocycles. The predicted octanol–water partition coefficient (Wildman–Crippen LogP) is 3.23. The molecule has 0 unspecified atom stereocenters. The van der Waals surface area contributed by atoms with Crippen molar-refractivity contribution in [1.82, 2.24) is 15.0 Å². The minimum atomic E-state index is -3.35. The van der Waals surface area contributed by atoms with Crippen LogP contribution in [0, 0.1) is 0 Å². The predicted molar refractivity (Wildman–Crippen MR) is 131 cm³/mol. The molecule has 13 heteroatoms. The van der Waals surface area contributed by atoms with Gasteiger partial charge in [0.25, 0.3) is 5.91 Å². The summed E-state index contributed by atoms with van der Waals surface area (Å²) in [4.78, 5) is 32.0. The third kappa shape index (κ3) is 4.76. The lowest BCUT2D eigenvalue weighted by Gasteiger charge is -2.08. The smallest absolute Gasteiger partial charge is 0.280 e. The largest absolute Gasteiger partial charge is 0.388 e. The number of amides is 1. The summed E-state index contributed by atoms with van der Waals surface area (Å²) in [5, 5.41) is 9.25. The number of rotatable bonds is 8. The molecule has 174 valence electrons. The zero-order chi connectivity index (χ0) is 23.7.